The normalized spacial score (nSPS) is 10.8. The van der Waals surface area contributed by atoms with Crippen LogP contribution in [-0.2, 0) is 6.54 Å². The van der Waals surface area contributed by atoms with Crippen LogP contribution in [0.3, 0.4) is 0 Å². The molecule has 1 aromatic carbocycles. The van der Waals surface area contributed by atoms with Crippen molar-refractivity contribution in [2.75, 3.05) is 14.2 Å². The van der Waals surface area contributed by atoms with Gasteiger partial charge in [0.2, 0.25) is 0 Å². The fraction of sp³-hybridized carbons (Fsp3) is 0.400. The van der Waals surface area contributed by atoms with Crippen LogP contribution in [0.5, 0.6) is 5.75 Å². The van der Waals surface area contributed by atoms with Gasteiger partial charge in [-0.25, -0.2) is 4.98 Å². The zero-order valence-corrected chi connectivity index (χ0v) is 12.9. The molecule has 102 valence electrons. The van der Waals surface area contributed by atoms with Crippen molar-refractivity contribution in [1.29, 1.82) is 0 Å². The molecule has 0 aliphatic carbocycles. The molecule has 3 nitrogen and oxygen atoms in total. The van der Waals surface area contributed by atoms with Crippen LogP contribution in [0.2, 0.25) is 0 Å². The lowest BCUT2D eigenvalue weighted by Gasteiger charge is -2.14. The van der Waals surface area contributed by atoms with Crippen molar-refractivity contribution in [2.24, 2.45) is 0 Å². The van der Waals surface area contributed by atoms with E-state index >= 15 is 0 Å². The van der Waals surface area contributed by atoms with Gasteiger partial charge in [0, 0.05) is 17.5 Å². The van der Waals surface area contributed by atoms with Gasteiger partial charge in [-0.1, -0.05) is 0 Å². The van der Waals surface area contributed by atoms with Crippen LogP contribution in [0.15, 0.2) is 11.4 Å². The molecule has 0 bridgehead atoms. The Labute approximate surface area is 118 Å². The van der Waals surface area contributed by atoms with Crippen molar-refractivity contribution >= 4 is 11.3 Å². The lowest BCUT2D eigenvalue weighted by Crippen LogP contribution is -2.04. The van der Waals surface area contributed by atoms with Crippen LogP contribution in [-0.4, -0.2) is 19.1 Å². The summed E-state index contributed by atoms with van der Waals surface area (Å²) in [5.41, 5.74) is 5.85. The molecule has 1 N–H and O–H groups in total. The molecule has 1 heterocycles. The largest absolute Gasteiger partial charge is 0.496 e. The van der Waals surface area contributed by atoms with Gasteiger partial charge in [0.15, 0.2) is 0 Å². The number of benzene rings is 1. The molecule has 4 heteroatoms. The Morgan fingerprint density at radius 1 is 1.26 bits per heavy atom. The Morgan fingerprint density at radius 2 is 2.00 bits per heavy atom. The Hall–Kier alpha value is -1.39. The minimum absolute atomic E-state index is 0.817. The van der Waals surface area contributed by atoms with Crippen molar-refractivity contribution in [2.45, 2.75) is 27.3 Å². The Bertz CT molecular complexity index is 590. The maximum Gasteiger partial charge on any atom is 0.124 e. The Morgan fingerprint density at radius 3 is 2.63 bits per heavy atom. The molecule has 0 aliphatic heterocycles. The Balaban J connectivity index is 2.50. The third-order valence-electron chi connectivity index (χ3n) is 3.39. The SMILES string of the molecule is CNCc1nc(-c2cc(C)c(OC)c(C)c2C)cs1. The number of aryl methyl sites for hydroxylation is 1. The maximum absolute atomic E-state index is 5.46. The topological polar surface area (TPSA) is 34.2 Å². The number of thiazole rings is 1. The van der Waals surface area contributed by atoms with Crippen LogP contribution in [0.4, 0.5) is 0 Å². The summed E-state index contributed by atoms with van der Waals surface area (Å²) in [7, 11) is 3.66. The standard InChI is InChI=1S/C15H20N2OS/c1-9-6-12(10(2)11(3)15(9)18-5)13-8-19-14(17-13)7-16-4/h6,8,16H,7H2,1-5H3. The highest BCUT2D eigenvalue weighted by atomic mass is 32.1. The van der Waals surface area contributed by atoms with E-state index in [1.165, 1.54) is 16.7 Å². The van der Waals surface area contributed by atoms with E-state index in [9.17, 15) is 0 Å². The molecule has 0 radical (unpaired) electrons. The van der Waals surface area contributed by atoms with Crippen molar-refractivity contribution in [3.63, 3.8) is 0 Å². The van der Waals surface area contributed by atoms with Crippen molar-refractivity contribution in [1.82, 2.24) is 10.3 Å². The first-order valence-electron chi connectivity index (χ1n) is 6.32. The Kier molecular flexibility index (Phi) is 4.22. The average Bonchev–Trinajstić information content (AvgIpc) is 2.83. The van der Waals surface area contributed by atoms with Gasteiger partial charge in [-0.05, 0) is 50.6 Å². The van der Waals surface area contributed by atoms with Crippen LogP contribution < -0.4 is 10.1 Å². The fourth-order valence-corrected chi connectivity index (χ4v) is 3.11. The average molecular weight is 276 g/mol. The van der Waals surface area contributed by atoms with Gasteiger partial charge in [-0.3, -0.25) is 0 Å². The highest BCUT2D eigenvalue weighted by Crippen LogP contribution is 2.34. The van der Waals surface area contributed by atoms with E-state index in [1.807, 2.05) is 7.05 Å². The van der Waals surface area contributed by atoms with Gasteiger partial charge in [-0.15, -0.1) is 11.3 Å². The molecular formula is C15H20N2OS. The van der Waals surface area contributed by atoms with E-state index in [4.69, 9.17) is 4.74 Å². The molecule has 0 saturated heterocycles. The van der Waals surface area contributed by atoms with E-state index in [1.54, 1.807) is 18.4 Å². The quantitative estimate of drug-likeness (QED) is 0.928. The second-order valence-corrected chi connectivity index (χ2v) is 5.62. The number of rotatable bonds is 4. The van der Waals surface area contributed by atoms with E-state index in [2.05, 4.69) is 42.5 Å². The molecule has 0 amide bonds. The number of nitrogens with one attached hydrogen (secondary N) is 1. The molecule has 0 atom stereocenters. The first kappa shape index (κ1) is 14.0. The summed E-state index contributed by atoms with van der Waals surface area (Å²) in [4.78, 5) is 4.68. The van der Waals surface area contributed by atoms with E-state index in [0.29, 0.717) is 0 Å². The van der Waals surface area contributed by atoms with E-state index in [0.717, 1.165) is 28.6 Å². The summed E-state index contributed by atoms with van der Waals surface area (Å²) >= 11 is 1.69. The summed E-state index contributed by atoms with van der Waals surface area (Å²) < 4.78 is 5.46. The van der Waals surface area contributed by atoms with Crippen LogP contribution in [0, 0.1) is 20.8 Å². The molecular weight excluding hydrogens is 256 g/mol. The van der Waals surface area contributed by atoms with Gasteiger partial charge >= 0.3 is 0 Å². The van der Waals surface area contributed by atoms with E-state index < -0.39 is 0 Å². The third-order valence-corrected chi connectivity index (χ3v) is 4.23. The highest BCUT2D eigenvalue weighted by molar-refractivity contribution is 7.09. The molecule has 0 saturated carbocycles. The smallest absolute Gasteiger partial charge is 0.124 e. The van der Waals surface area contributed by atoms with Crippen molar-refractivity contribution in [3.8, 4) is 17.0 Å². The summed E-state index contributed by atoms with van der Waals surface area (Å²) in [5.74, 6) is 0.979. The van der Waals surface area contributed by atoms with Crippen LogP contribution >= 0.6 is 11.3 Å². The highest BCUT2D eigenvalue weighted by Gasteiger charge is 2.14. The molecule has 2 rings (SSSR count). The molecule has 0 aliphatic rings. The van der Waals surface area contributed by atoms with Crippen LogP contribution in [0.1, 0.15) is 21.7 Å². The van der Waals surface area contributed by atoms with Gasteiger partial charge in [-0.2, -0.15) is 0 Å². The molecule has 0 fully saturated rings. The van der Waals surface area contributed by atoms with Gasteiger partial charge in [0.1, 0.15) is 10.8 Å². The number of methoxy groups -OCH3 is 1. The van der Waals surface area contributed by atoms with Gasteiger partial charge < -0.3 is 10.1 Å². The first-order valence-corrected chi connectivity index (χ1v) is 7.20. The summed E-state index contributed by atoms with van der Waals surface area (Å²) in [6.07, 6.45) is 0. The summed E-state index contributed by atoms with van der Waals surface area (Å²) in [6.45, 7) is 7.13. The lowest BCUT2D eigenvalue weighted by atomic mass is 9.97. The minimum Gasteiger partial charge on any atom is -0.496 e. The number of hydrogen-bond donors (Lipinski definition) is 1. The zero-order chi connectivity index (χ0) is 14.0. The number of hydrogen-bond acceptors (Lipinski definition) is 4. The maximum atomic E-state index is 5.46. The molecule has 2 aromatic rings. The van der Waals surface area contributed by atoms with Crippen LogP contribution in [0.25, 0.3) is 11.3 Å². The van der Waals surface area contributed by atoms with E-state index in [-0.39, 0.29) is 0 Å². The monoisotopic (exact) mass is 276 g/mol. The minimum atomic E-state index is 0.817. The second-order valence-electron chi connectivity index (χ2n) is 4.68. The second kappa shape index (κ2) is 5.72. The molecule has 1 aromatic heterocycles. The summed E-state index contributed by atoms with van der Waals surface area (Å²) in [5, 5.41) is 6.37. The zero-order valence-electron chi connectivity index (χ0n) is 12.1. The number of nitrogens with zero attached hydrogens (tertiary/aromatic N) is 1. The molecule has 0 spiro atoms. The molecule has 19 heavy (non-hydrogen) atoms. The number of aromatic nitrogens is 1. The third kappa shape index (κ3) is 2.65. The van der Waals surface area contributed by atoms with Gasteiger partial charge in [0.25, 0.3) is 0 Å². The van der Waals surface area contributed by atoms with Gasteiger partial charge in [0.05, 0.1) is 12.8 Å². The predicted octanol–water partition coefficient (Wildman–Crippen LogP) is 3.46. The van der Waals surface area contributed by atoms with Crippen molar-refractivity contribution < 1.29 is 4.74 Å². The molecule has 0 unspecified atom stereocenters. The fourth-order valence-electron chi connectivity index (χ4n) is 2.31. The first-order chi connectivity index (χ1) is 9.08. The number of ether oxygens (including phenoxy) is 1. The summed E-state index contributed by atoms with van der Waals surface area (Å²) in [6, 6.07) is 2.17. The van der Waals surface area contributed by atoms with Crippen molar-refractivity contribution in [3.05, 3.63) is 33.1 Å². The lowest BCUT2D eigenvalue weighted by molar-refractivity contribution is 0.408. The predicted molar refractivity (Wildman–Crippen MR) is 81.1 cm³/mol.